The summed E-state index contributed by atoms with van der Waals surface area (Å²) in [6.07, 6.45) is 0. The summed E-state index contributed by atoms with van der Waals surface area (Å²) in [7, 11) is 0. The summed E-state index contributed by atoms with van der Waals surface area (Å²) in [5, 5.41) is 19.2. The SMILES string of the molecule is Cl.N[C@H](c1ccc(O)c2ccccc12)C(F)(F)CO. The maximum absolute atomic E-state index is 13.4. The maximum Gasteiger partial charge on any atom is 0.289 e. The van der Waals surface area contributed by atoms with Gasteiger partial charge in [0.2, 0.25) is 0 Å². The zero-order valence-corrected chi connectivity index (χ0v) is 10.7. The molecule has 4 N–H and O–H groups in total. The fraction of sp³-hybridized carbons (Fsp3) is 0.231. The Bertz CT molecular complexity index is 578. The predicted octanol–water partition coefficient (Wildman–Crippen LogP) is 2.59. The lowest BCUT2D eigenvalue weighted by Crippen LogP contribution is -2.36. The average Bonchev–Trinajstić information content (AvgIpc) is 2.39. The van der Waals surface area contributed by atoms with Crippen molar-refractivity contribution in [2.24, 2.45) is 5.73 Å². The summed E-state index contributed by atoms with van der Waals surface area (Å²) in [6.45, 7) is -1.32. The van der Waals surface area contributed by atoms with Crippen molar-refractivity contribution in [3.05, 3.63) is 42.0 Å². The molecule has 0 aromatic heterocycles. The molecule has 0 aliphatic carbocycles. The van der Waals surface area contributed by atoms with Gasteiger partial charge in [-0.3, -0.25) is 0 Å². The van der Waals surface area contributed by atoms with Crippen LogP contribution in [-0.2, 0) is 0 Å². The quantitative estimate of drug-likeness (QED) is 0.814. The van der Waals surface area contributed by atoms with Crippen molar-refractivity contribution in [1.29, 1.82) is 0 Å². The number of phenols is 1. The van der Waals surface area contributed by atoms with Crippen molar-refractivity contribution in [2.75, 3.05) is 6.61 Å². The highest BCUT2D eigenvalue weighted by atomic mass is 35.5. The number of alkyl halides is 2. The van der Waals surface area contributed by atoms with Gasteiger partial charge >= 0.3 is 0 Å². The monoisotopic (exact) mass is 289 g/mol. The summed E-state index contributed by atoms with van der Waals surface area (Å²) < 4.78 is 26.8. The summed E-state index contributed by atoms with van der Waals surface area (Å²) in [5.41, 5.74) is 5.70. The first kappa shape index (κ1) is 15.6. The number of benzene rings is 2. The van der Waals surface area contributed by atoms with Gasteiger partial charge in [-0.05, 0) is 17.0 Å². The molecular formula is C13H14ClF2NO2. The minimum absolute atomic E-state index is 0. The van der Waals surface area contributed by atoms with Gasteiger partial charge < -0.3 is 15.9 Å². The lowest BCUT2D eigenvalue weighted by Gasteiger charge is -2.23. The first-order valence-electron chi connectivity index (χ1n) is 5.42. The number of hydrogen-bond acceptors (Lipinski definition) is 3. The van der Waals surface area contributed by atoms with Gasteiger partial charge in [0, 0.05) is 5.39 Å². The summed E-state index contributed by atoms with van der Waals surface area (Å²) in [5.74, 6) is -3.39. The Morgan fingerprint density at radius 2 is 1.68 bits per heavy atom. The number of nitrogens with two attached hydrogens (primary N) is 1. The smallest absolute Gasteiger partial charge is 0.289 e. The molecule has 6 heteroatoms. The van der Waals surface area contributed by atoms with Crippen LogP contribution in [0.3, 0.4) is 0 Å². The van der Waals surface area contributed by atoms with E-state index in [0.29, 0.717) is 10.8 Å². The van der Waals surface area contributed by atoms with Gasteiger partial charge in [-0.15, -0.1) is 12.4 Å². The Hall–Kier alpha value is -1.43. The van der Waals surface area contributed by atoms with E-state index in [0.717, 1.165) is 0 Å². The van der Waals surface area contributed by atoms with Gasteiger partial charge in [0.25, 0.3) is 5.92 Å². The Kier molecular flexibility index (Phi) is 4.68. The first-order chi connectivity index (χ1) is 8.47. The molecule has 0 aliphatic rings. The minimum Gasteiger partial charge on any atom is -0.507 e. The van der Waals surface area contributed by atoms with Crippen molar-refractivity contribution in [2.45, 2.75) is 12.0 Å². The van der Waals surface area contributed by atoms with E-state index in [1.807, 2.05) is 0 Å². The van der Waals surface area contributed by atoms with Crippen LogP contribution in [0, 0.1) is 0 Å². The molecule has 0 radical (unpaired) electrons. The van der Waals surface area contributed by atoms with Crippen molar-refractivity contribution in [1.82, 2.24) is 0 Å². The van der Waals surface area contributed by atoms with Crippen molar-refractivity contribution < 1.29 is 19.0 Å². The highest BCUT2D eigenvalue weighted by Gasteiger charge is 2.38. The number of aromatic hydroxyl groups is 1. The number of hydrogen-bond donors (Lipinski definition) is 3. The fourth-order valence-electron chi connectivity index (χ4n) is 1.90. The van der Waals surface area contributed by atoms with Crippen LogP contribution in [0.15, 0.2) is 36.4 Å². The van der Waals surface area contributed by atoms with Crippen LogP contribution in [-0.4, -0.2) is 22.7 Å². The van der Waals surface area contributed by atoms with Crippen LogP contribution in [0.2, 0.25) is 0 Å². The highest BCUT2D eigenvalue weighted by Crippen LogP contribution is 2.35. The Balaban J connectivity index is 0.00000180. The van der Waals surface area contributed by atoms with E-state index >= 15 is 0 Å². The first-order valence-corrected chi connectivity index (χ1v) is 5.42. The third-order valence-corrected chi connectivity index (χ3v) is 2.94. The van der Waals surface area contributed by atoms with Gasteiger partial charge in [-0.2, -0.15) is 0 Å². The van der Waals surface area contributed by atoms with E-state index in [4.69, 9.17) is 10.8 Å². The van der Waals surface area contributed by atoms with E-state index < -0.39 is 18.6 Å². The van der Waals surface area contributed by atoms with Crippen molar-refractivity contribution >= 4 is 23.2 Å². The fourth-order valence-corrected chi connectivity index (χ4v) is 1.90. The Morgan fingerprint density at radius 3 is 2.26 bits per heavy atom. The molecule has 0 saturated heterocycles. The molecule has 104 valence electrons. The molecule has 2 aromatic rings. The van der Waals surface area contributed by atoms with Crippen LogP contribution >= 0.6 is 12.4 Å². The van der Waals surface area contributed by atoms with E-state index in [1.165, 1.54) is 12.1 Å². The van der Waals surface area contributed by atoms with Gasteiger partial charge in [0.05, 0.1) is 6.04 Å². The number of fused-ring (bicyclic) bond motifs is 1. The normalized spacial score (nSPS) is 13.1. The molecule has 3 nitrogen and oxygen atoms in total. The molecule has 2 aromatic carbocycles. The van der Waals surface area contributed by atoms with Crippen LogP contribution in [0.4, 0.5) is 8.78 Å². The predicted molar refractivity (Wildman–Crippen MR) is 71.8 cm³/mol. The summed E-state index contributed by atoms with van der Waals surface area (Å²) in [6, 6.07) is 7.66. The number of halogens is 3. The topological polar surface area (TPSA) is 66.5 Å². The molecule has 0 saturated carbocycles. The van der Waals surface area contributed by atoms with E-state index in [9.17, 15) is 13.9 Å². The number of phenolic OH excluding ortho intramolecular Hbond substituents is 1. The molecular weight excluding hydrogens is 276 g/mol. The molecule has 0 bridgehead atoms. The molecule has 0 unspecified atom stereocenters. The van der Waals surface area contributed by atoms with Crippen LogP contribution in [0.25, 0.3) is 10.8 Å². The lowest BCUT2D eigenvalue weighted by molar-refractivity contribution is -0.0708. The summed E-state index contributed by atoms with van der Waals surface area (Å²) in [4.78, 5) is 0. The molecule has 0 spiro atoms. The molecule has 0 aliphatic heterocycles. The van der Waals surface area contributed by atoms with Gasteiger partial charge in [-0.1, -0.05) is 30.3 Å². The standard InChI is InChI=1S/C13H13F2NO2.ClH/c14-13(15,7-17)12(16)10-5-6-11(18)9-4-2-1-3-8(9)10;/h1-6,12,17-18H,7,16H2;1H/t12-;/m1./s1. The van der Waals surface area contributed by atoms with E-state index in [1.54, 1.807) is 24.3 Å². The minimum atomic E-state index is -3.40. The second-order valence-electron chi connectivity index (χ2n) is 4.12. The van der Waals surface area contributed by atoms with Crippen LogP contribution < -0.4 is 5.73 Å². The summed E-state index contributed by atoms with van der Waals surface area (Å²) >= 11 is 0. The zero-order chi connectivity index (χ0) is 13.3. The van der Waals surface area contributed by atoms with E-state index in [-0.39, 0.29) is 23.7 Å². The average molecular weight is 290 g/mol. The van der Waals surface area contributed by atoms with Crippen molar-refractivity contribution in [3.63, 3.8) is 0 Å². The van der Waals surface area contributed by atoms with Gasteiger partial charge in [0.1, 0.15) is 12.4 Å². The van der Waals surface area contributed by atoms with Crippen LogP contribution in [0.1, 0.15) is 11.6 Å². The third-order valence-electron chi connectivity index (χ3n) is 2.94. The molecule has 19 heavy (non-hydrogen) atoms. The second-order valence-corrected chi connectivity index (χ2v) is 4.12. The molecule has 2 rings (SSSR count). The van der Waals surface area contributed by atoms with Gasteiger partial charge in [-0.25, -0.2) is 8.78 Å². The van der Waals surface area contributed by atoms with Gasteiger partial charge in [0.15, 0.2) is 0 Å². The number of rotatable bonds is 3. The molecule has 0 fully saturated rings. The number of aliphatic hydroxyl groups is 1. The zero-order valence-electron chi connectivity index (χ0n) is 9.88. The Morgan fingerprint density at radius 1 is 1.11 bits per heavy atom. The largest absolute Gasteiger partial charge is 0.507 e. The van der Waals surface area contributed by atoms with Crippen LogP contribution in [0.5, 0.6) is 5.75 Å². The molecule has 0 heterocycles. The molecule has 1 atom stereocenters. The highest BCUT2D eigenvalue weighted by molar-refractivity contribution is 5.91. The molecule has 0 amide bonds. The lowest BCUT2D eigenvalue weighted by atomic mass is 9.95. The third kappa shape index (κ3) is 2.78. The van der Waals surface area contributed by atoms with E-state index in [2.05, 4.69) is 0 Å². The Labute approximate surface area is 115 Å². The second kappa shape index (κ2) is 5.69. The maximum atomic E-state index is 13.4. The number of aliphatic hydroxyl groups excluding tert-OH is 1. The van der Waals surface area contributed by atoms with Crippen molar-refractivity contribution in [3.8, 4) is 5.75 Å².